The van der Waals surface area contributed by atoms with E-state index in [9.17, 15) is 14.7 Å². The normalized spacial score (nSPS) is 11.7. The number of aromatic hydroxyl groups is 1. The Bertz CT molecular complexity index is 1240. The van der Waals surface area contributed by atoms with E-state index >= 15 is 0 Å². The topological polar surface area (TPSA) is 83.8 Å². The van der Waals surface area contributed by atoms with Gasteiger partial charge in [-0.25, -0.2) is 0 Å². The number of carbonyl (C=O) groups is 2. The molecule has 0 amide bonds. The lowest BCUT2D eigenvalue weighted by molar-refractivity contribution is -0.142. The first-order chi connectivity index (χ1) is 21.2. The number of thioether (sulfide) groups is 2. The van der Waals surface area contributed by atoms with Gasteiger partial charge in [0.15, 0.2) is 0 Å². The minimum absolute atomic E-state index is 0.168. The molecule has 0 saturated heterocycles. The molecule has 0 aliphatic heterocycles. The zero-order valence-corrected chi connectivity index (χ0v) is 34.9. The summed E-state index contributed by atoms with van der Waals surface area (Å²) in [6.07, 6.45) is -0.425. The highest BCUT2D eigenvalue weighted by Gasteiger charge is 2.30. The molecule has 0 atom stereocenters. The number of benzene rings is 2. The molecule has 7 heteroatoms. The molecule has 0 radical (unpaired) electrons. The van der Waals surface area contributed by atoms with Crippen LogP contribution >= 0.6 is 23.5 Å². The average Bonchev–Trinajstić information content (AvgIpc) is 2.89. The molecule has 0 spiro atoms. The Balaban J connectivity index is 0. The number of carbonyl (C=O) groups excluding carboxylic acids is 1. The third-order valence-corrected chi connectivity index (χ3v) is 8.67. The van der Waals surface area contributed by atoms with E-state index in [0.717, 1.165) is 38.0 Å². The summed E-state index contributed by atoms with van der Waals surface area (Å²) >= 11 is 3.50. The monoisotopic (exact) mass is 692 g/mol. The van der Waals surface area contributed by atoms with Crippen LogP contribution in [0.15, 0.2) is 34.1 Å². The maximum absolute atomic E-state index is 12.4. The Labute approximate surface area is 297 Å². The summed E-state index contributed by atoms with van der Waals surface area (Å²) < 4.78 is 5.45. The molecular formula is C40H68O5S2. The van der Waals surface area contributed by atoms with Gasteiger partial charge in [0.05, 0.1) is 16.9 Å². The molecule has 2 aromatic carbocycles. The first-order valence-corrected chi connectivity index (χ1v) is 18.7. The van der Waals surface area contributed by atoms with Crippen LogP contribution in [0, 0.1) is 12.8 Å². The summed E-state index contributed by atoms with van der Waals surface area (Å²) in [6, 6.07) is 8.34. The van der Waals surface area contributed by atoms with Crippen LogP contribution in [0.3, 0.4) is 0 Å². The lowest BCUT2D eigenvalue weighted by Crippen LogP contribution is -2.19. The number of hydrogen-bond acceptors (Lipinski definition) is 6. The van der Waals surface area contributed by atoms with Crippen LogP contribution in [0.4, 0.5) is 0 Å². The van der Waals surface area contributed by atoms with Gasteiger partial charge in [0.2, 0.25) is 0 Å². The molecule has 0 bridgehead atoms. The van der Waals surface area contributed by atoms with Gasteiger partial charge < -0.3 is 14.9 Å². The lowest BCUT2D eigenvalue weighted by Gasteiger charge is -2.30. The second kappa shape index (κ2) is 19.8. The SMILES string of the molecule is CC.CC.CC(C)C.Cc1cc(SC(C)(C)Sc2cc(C(C)(C)C)c(O)c(C(C)(C)C)c2)cc(C(C)(C)C)c1OC(=O)CCC(=O)O. The highest BCUT2D eigenvalue weighted by atomic mass is 32.2. The van der Waals surface area contributed by atoms with Gasteiger partial charge in [-0.3, -0.25) is 9.59 Å². The first kappa shape index (κ1) is 47.0. The number of carboxylic acids is 1. The quantitative estimate of drug-likeness (QED) is 0.123. The molecule has 2 aromatic rings. The van der Waals surface area contributed by atoms with Crippen molar-refractivity contribution in [2.75, 3.05) is 0 Å². The number of aryl methyl sites for hydroxylation is 1. The number of carboxylic acid groups (broad SMARTS) is 1. The van der Waals surface area contributed by atoms with Crippen molar-refractivity contribution < 1.29 is 24.5 Å². The summed E-state index contributed by atoms with van der Waals surface area (Å²) in [6.45, 7) is 39.7. The van der Waals surface area contributed by atoms with Crippen molar-refractivity contribution in [3.63, 3.8) is 0 Å². The molecule has 0 fully saturated rings. The Morgan fingerprint density at radius 2 is 1.02 bits per heavy atom. The number of rotatable bonds is 8. The second-order valence-corrected chi connectivity index (χ2v) is 19.1. The van der Waals surface area contributed by atoms with Crippen molar-refractivity contribution >= 4 is 35.5 Å². The summed E-state index contributed by atoms with van der Waals surface area (Å²) in [5, 5.41) is 20.0. The van der Waals surface area contributed by atoms with Gasteiger partial charge in [-0.1, -0.05) is 111 Å². The Kier molecular flexibility index (Phi) is 19.8. The minimum Gasteiger partial charge on any atom is -0.507 e. The van der Waals surface area contributed by atoms with E-state index in [1.54, 1.807) is 23.5 Å². The Morgan fingerprint density at radius 1 is 0.681 bits per heavy atom. The third-order valence-electron chi connectivity index (χ3n) is 6.24. The average molecular weight is 693 g/mol. The maximum atomic E-state index is 12.4. The number of phenols is 1. The molecule has 270 valence electrons. The number of hydrogen-bond donors (Lipinski definition) is 2. The number of aliphatic carboxylic acids is 1. The highest BCUT2D eigenvalue weighted by Crippen LogP contribution is 2.50. The molecule has 5 nitrogen and oxygen atoms in total. The van der Waals surface area contributed by atoms with Crippen molar-refractivity contribution in [1.29, 1.82) is 0 Å². The van der Waals surface area contributed by atoms with Crippen molar-refractivity contribution in [3.8, 4) is 11.5 Å². The van der Waals surface area contributed by atoms with E-state index in [1.807, 2.05) is 40.7 Å². The summed E-state index contributed by atoms with van der Waals surface area (Å²) in [4.78, 5) is 25.4. The zero-order valence-electron chi connectivity index (χ0n) is 33.2. The van der Waals surface area contributed by atoms with E-state index in [-0.39, 0.29) is 33.2 Å². The fourth-order valence-electron chi connectivity index (χ4n) is 4.26. The van der Waals surface area contributed by atoms with E-state index in [2.05, 4.69) is 115 Å². The predicted molar refractivity (Wildman–Crippen MR) is 207 cm³/mol. The summed E-state index contributed by atoms with van der Waals surface area (Å²) in [7, 11) is 0. The van der Waals surface area contributed by atoms with E-state index < -0.39 is 11.9 Å². The fraction of sp³-hybridized carbons (Fsp3) is 0.650. The highest BCUT2D eigenvalue weighted by molar-refractivity contribution is 8.18. The predicted octanol–water partition coefficient (Wildman–Crippen LogP) is 12.7. The van der Waals surface area contributed by atoms with E-state index in [4.69, 9.17) is 9.84 Å². The van der Waals surface area contributed by atoms with Gasteiger partial charge in [-0.15, -0.1) is 23.5 Å². The molecule has 2 N–H and O–H groups in total. The van der Waals surface area contributed by atoms with Crippen LogP contribution < -0.4 is 4.74 Å². The van der Waals surface area contributed by atoms with Crippen molar-refractivity contribution in [3.05, 3.63) is 46.5 Å². The van der Waals surface area contributed by atoms with Gasteiger partial charge in [0.1, 0.15) is 11.5 Å². The van der Waals surface area contributed by atoms with Crippen LogP contribution in [0.5, 0.6) is 11.5 Å². The molecule has 2 rings (SSSR count). The molecule has 0 saturated carbocycles. The number of esters is 1. The van der Waals surface area contributed by atoms with Crippen molar-refractivity contribution in [1.82, 2.24) is 0 Å². The molecular weight excluding hydrogens is 625 g/mol. The molecule has 0 aliphatic rings. The van der Waals surface area contributed by atoms with Crippen molar-refractivity contribution in [2.45, 2.75) is 175 Å². The fourth-order valence-corrected chi connectivity index (χ4v) is 6.91. The second-order valence-electron chi connectivity index (χ2n) is 15.4. The lowest BCUT2D eigenvalue weighted by atomic mass is 9.79. The Hall–Kier alpha value is -2.12. The number of ether oxygens (including phenoxy) is 1. The standard InChI is InChI=1S/C32H46O5S2.C4H10.2C2H6/c1-19-15-20(18-24(31(8,9)10)28(19)37-26(35)14-13-25(33)34)38-32(11,12)39-21-16-22(29(2,3)4)27(36)23(17-21)30(5,6)7;1-4(2)3;2*1-2/h15-18,36H,13-14H2,1-12H3,(H,33,34);4H,1-3H3;2*1-2H3. The Morgan fingerprint density at radius 3 is 1.36 bits per heavy atom. The molecule has 0 aliphatic carbocycles. The third kappa shape index (κ3) is 17.2. The number of phenolic OH excluding ortho intramolecular Hbond substituents is 1. The smallest absolute Gasteiger partial charge is 0.311 e. The molecule has 0 heterocycles. The van der Waals surface area contributed by atoms with E-state index in [0.29, 0.717) is 11.5 Å². The van der Waals surface area contributed by atoms with Gasteiger partial charge in [0, 0.05) is 26.5 Å². The first-order valence-electron chi connectivity index (χ1n) is 17.1. The zero-order chi connectivity index (χ0) is 37.7. The molecule has 0 aromatic heterocycles. The van der Waals surface area contributed by atoms with Crippen LogP contribution in [-0.2, 0) is 25.8 Å². The summed E-state index contributed by atoms with van der Waals surface area (Å²) in [5.74, 6) is 0.155. The van der Waals surface area contributed by atoms with Crippen LogP contribution in [-0.4, -0.2) is 26.2 Å². The molecule has 47 heavy (non-hydrogen) atoms. The minimum atomic E-state index is -1.02. The van der Waals surface area contributed by atoms with Gasteiger partial charge in [0.25, 0.3) is 0 Å². The van der Waals surface area contributed by atoms with Crippen LogP contribution in [0.1, 0.15) is 160 Å². The molecule has 0 unspecified atom stereocenters. The largest absolute Gasteiger partial charge is 0.507 e. The van der Waals surface area contributed by atoms with Gasteiger partial charge in [-0.05, 0) is 72.8 Å². The summed E-state index contributed by atoms with van der Waals surface area (Å²) in [5.41, 5.74) is 2.94. The van der Waals surface area contributed by atoms with Crippen LogP contribution in [0.2, 0.25) is 0 Å². The van der Waals surface area contributed by atoms with Crippen LogP contribution in [0.25, 0.3) is 0 Å². The van der Waals surface area contributed by atoms with Gasteiger partial charge in [-0.2, -0.15) is 0 Å². The maximum Gasteiger partial charge on any atom is 0.311 e. The van der Waals surface area contributed by atoms with Crippen molar-refractivity contribution in [2.24, 2.45) is 5.92 Å². The van der Waals surface area contributed by atoms with Gasteiger partial charge >= 0.3 is 11.9 Å². The van der Waals surface area contributed by atoms with E-state index in [1.165, 1.54) is 0 Å².